The van der Waals surface area contributed by atoms with Crippen molar-refractivity contribution in [1.82, 2.24) is 10.2 Å². The molecule has 1 saturated heterocycles. The van der Waals surface area contributed by atoms with Gasteiger partial charge in [0.2, 0.25) is 0 Å². The summed E-state index contributed by atoms with van der Waals surface area (Å²) in [5.41, 5.74) is 1.30. The van der Waals surface area contributed by atoms with Crippen LogP contribution in [-0.4, -0.2) is 43.7 Å². The molecule has 0 aliphatic carbocycles. The summed E-state index contributed by atoms with van der Waals surface area (Å²) in [4.78, 5) is 13.9. The predicted molar refractivity (Wildman–Crippen MR) is 83.9 cm³/mol. The maximum atomic E-state index is 11.6. The van der Waals surface area contributed by atoms with Crippen molar-refractivity contribution in [3.63, 3.8) is 0 Å². The number of likely N-dealkylation sites (tertiary alicyclic amines) is 1. The second-order valence-corrected chi connectivity index (χ2v) is 5.90. The van der Waals surface area contributed by atoms with Gasteiger partial charge in [0, 0.05) is 32.1 Å². The van der Waals surface area contributed by atoms with Crippen LogP contribution in [0.5, 0.6) is 0 Å². The molecule has 0 saturated carbocycles. The van der Waals surface area contributed by atoms with E-state index >= 15 is 0 Å². The molecule has 116 valence electrons. The van der Waals surface area contributed by atoms with Crippen LogP contribution >= 0.6 is 0 Å². The van der Waals surface area contributed by atoms with Crippen molar-refractivity contribution >= 4 is 5.97 Å². The van der Waals surface area contributed by atoms with Crippen LogP contribution in [0.2, 0.25) is 0 Å². The minimum absolute atomic E-state index is 0.0698. The summed E-state index contributed by atoms with van der Waals surface area (Å²) in [6.07, 6.45) is 1.57. The number of ether oxygens (including phenoxy) is 1. The van der Waals surface area contributed by atoms with E-state index < -0.39 is 0 Å². The molecule has 2 unspecified atom stereocenters. The first kappa shape index (κ1) is 16.0. The third kappa shape index (κ3) is 5.48. The van der Waals surface area contributed by atoms with E-state index in [1.165, 1.54) is 5.56 Å². The zero-order chi connectivity index (χ0) is 15.1. The Labute approximate surface area is 127 Å². The Morgan fingerprint density at radius 1 is 1.33 bits per heavy atom. The van der Waals surface area contributed by atoms with Crippen molar-refractivity contribution in [2.45, 2.75) is 32.4 Å². The second-order valence-electron chi connectivity index (χ2n) is 5.90. The van der Waals surface area contributed by atoms with Gasteiger partial charge >= 0.3 is 5.97 Å². The smallest absolute Gasteiger partial charge is 0.306 e. The summed E-state index contributed by atoms with van der Waals surface area (Å²) in [5.74, 6) is 0.315. The average molecular weight is 290 g/mol. The largest absolute Gasteiger partial charge is 0.466 e. The van der Waals surface area contributed by atoms with Crippen molar-refractivity contribution in [3.05, 3.63) is 35.9 Å². The average Bonchev–Trinajstić information content (AvgIpc) is 2.46. The number of nitrogens with zero attached hydrogens (tertiary/aromatic N) is 1. The van der Waals surface area contributed by atoms with Crippen LogP contribution in [0.15, 0.2) is 30.3 Å². The number of carbonyl (C=O) groups is 1. The van der Waals surface area contributed by atoms with E-state index in [2.05, 4.69) is 41.5 Å². The summed E-state index contributed by atoms with van der Waals surface area (Å²) in [5, 5.41) is 3.61. The van der Waals surface area contributed by atoms with Crippen molar-refractivity contribution in [3.8, 4) is 0 Å². The van der Waals surface area contributed by atoms with Gasteiger partial charge < -0.3 is 15.0 Å². The Hall–Kier alpha value is -1.39. The first-order valence-electron chi connectivity index (χ1n) is 7.78. The van der Waals surface area contributed by atoms with Gasteiger partial charge in [-0.25, -0.2) is 0 Å². The van der Waals surface area contributed by atoms with Gasteiger partial charge in [-0.15, -0.1) is 0 Å². The molecule has 0 bridgehead atoms. The van der Waals surface area contributed by atoms with Gasteiger partial charge in [-0.1, -0.05) is 30.3 Å². The highest BCUT2D eigenvalue weighted by atomic mass is 16.5. The topological polar surface area (TPSA) is 41.6 Å². The summed E-state index contributed by atoms with van der Waals surface area (Å²) >= 11 is 0. The summed E-state index contributed by atoms with van der Waals surface area (Å²) in [7, 11) is 2.12. The van der Waals surface area contributed by atoms with Crippen LogP contribution in [0.3, 0.4) is 0 Å². The number of esters is 1. The van der Waals surface area contributed by atoms with E-state index in [9.17, 15) is 4.79 Å². The van der Waals surface area contributed by atoms with E-state index in [1.54, 1.807) is 0 Å². The number of carbonyl (C=O) groups excluding carboxylic acids is 1. The molecule has 0 aromatic heterocycles. The van der Waals surface area contributed by atoms with Crippen LogP contribution in [0.1, 0.15) is 25.3 Å². The minimum Gasteiger partial charge on any atom is -0.466 e. The third-order valence-corrected chi connectivity index (χ3v) is 3.92. The molecular formula is C17H26N2O2. The molecular weight excluding hydrogens is 264 g/mol. The van der Waals surface area contributed by atoms with Gasteiger partial charge in [0.25, 0.3) is 0 Å². The molecule has 1 fully saturated rings. The molecule has 1 N–H and O–H groups in total. The zero-order valence-corrected chi connectivity index (χ0v) is 13.0. The highest BCUT2D eigenvalue weighted by Gasteiger charge is 2.26. The number of rotatable bonds is 6. The predicted octanol–water partition coefficient (Wildman–Crippen LogP) is 2.05. The third-order valence-electron chi connectivity index (χ3n) is 3.92. The molecule has 4 nitrogen and oxygen atoms in total. The van der Waals surface area contributed by atoms with Crippen molar-refractivity contribution < 1.29 is 9.53 Å². The molecule has 0 spiro atoms. The molecule has 1 aromatic carbocycles. The van der Waals surface area contributed by atoms with Crippen LogP contribution in [0, 0.1) is 5.92 Å². The van der Waals surface area contributed by atoms with Gasteiger partial charge in [-0.05, 0) is 31.9 Å². The first-order chi connectivity index (χ1) is 10.2. The van der Waals surface area contributed by atoms with Crippen LogP contribution in [0.4, 0.5) is 0 Å². The first-order valence-corrected chi connectivity index (χ1v) is 7.78. The maximum Gasteiger partial charge on any atom is 0.306 e. The molecule has 1 heterocycles. The number of hydrogen-bond donors (Lipinski definition) is 1. The van der Waals surface area contributed by atoms with Crippen LogP contribution < -0.4 is 5.32 Å². The quantitative estimate of drug-likeness (QED) is 0.814. The number of likely N-dealkylation sites (N-methyl/N-ethyl adjacent to an activating group) is 1. The van der Waals surface area contributed by atoms with E-state index in [0.717, 1.165) is 26.1 Å². The minimum atomic E-state index is -0.0698. The molecule has 1 aromatic rings. The Kier molecular flexibility index (Phi) is 6.21. The van der Waals surface area contributed by atoms with Gasteiger partial charge in [0.1, 0.15) is 0 Å². The lowest BCUT2D eigenvalue weighted by molar-refractivity contribution is -0.144. The molecule has 0 amide bonds. The summed E-state index contributed by atoms with van der Waals surface area (Å²) in [6.45, 7) is 5.21. The Bertz CT molecular complexity index is 436. The second kappa shape index (κ2) is 8.15. The van der Waals surface area contributed by atoms with Crippen LogP contribution in [-0.2, 0) is 16.1 Å². The lowest BCUT2D eigenvalue weighted by Crippen LogP contribution is -2.47. The lowest BCUT2D eigenvalue weighted by atomic mass is 9.91. The summed E-state index contributed by atoms with van der Waals surface area (Å²) < 4.78 is 5.07. The Morgan fingerprint density at radius 3 is 2.81 bits per heavy atom. The molecule has 2 atom stereocenters. The number of hydrogen-bond acceptors (Lipinski definition) is 4. The zero-order valence-electron chi connectivity index (χ0n) is 13.0. The molecule has 1 aliphatic heterocycles. The van der Waals surface area contributed by atoms with E-state index in [0.29, 0.717) is 25.0 Å². The van der Waals surface area contributed by atoms with Crippen molar-refractivity contribution in [1.29, 1.82) is 0 Å². The SMILES string of the molecule is CCOC(=O)CC1CC(NCc2ccccc2)CN(C)C1. The highest BCUT2D eigenvalue weighted by Crippen LogP contribution is 2.20. The van der Waals surface area contributed by atoms with Gasteiger partial charge in [0.15, 0.2) is 0 Å². The van der Waals surface area contributed by atoms with Gasteiger partial charge in [0.05, 0.1) is 6.61 Å². The van der Waals surface area contributed by atoms with Crippen molar-refractivity contribution in [2.75, 3.05) is 26.7 Å². The fraction of sp³-hybridized carbons (Fsp3) is 0.588. The van der Waals surface area contributed by atoms with Gasteiger partial charge in [-0.3, -0.25) is 4.79 Å². The monoisotopic (exact) mass is 290 g/mol. The normalized spacial score (nSPS) is 23.0. The fourth-order valence-corrected chi connectivity index (χ4v) is 3.05. The Morgan fingerprint density at radius 2 is 2.10 bits per heavy atom. The number of nitrogens with one attached hydrogen (secondary N) is 1. The van der Waals surface area contributed by atoms with Crippen molar-refractivity contribution in [2.24, 2.45) is 5.92 Å². The summed E-state index contributed by atoms with van der Waals surface area (Å²) in [6, 6.07) is 10.9. The highest BCUT2D eigenvalue weighted by molar-refractivity contribution is 5.69. The van der Waals surface area contributed by atoms with E-state index in [1.807, 2.05) is 13.0 Å². The maximum absolute atomic E-state index is 11.6. The fourth-order valence-electron chi connectivity index (χ4n) is 3.05. The van der Waals surface area contributed by atoms with Crippen LogP contribution in [0.25, 0.3) is 0 Å². The molecule has 1 aliphatic rings. The number of benzene rings is 1. The van der Waals surface area contributed by atoms with E-state index in [-0.39, 0.29) is 5.97 Å². The van der Waals surface area contributed by atoms with Gasteiger partial charge in [-0.2, -0.15) is 0 Å². The van der Waals surface area contributed by atoms with E-state index in [4.69, 9.17) is 4.74 Å². The standard InChI is InChI=1S/C17H26N2O2/c1-3-21-17(20)10-15-9-16(13-19(2)12-15)18-11-14-7-5-4-6-8-14/h4-8,15-16,18H,3,9-13H2,1-2H3. The molecule has 21 heavy (non-hydrogen) atoms. The number of piperidine rings is 1. The molecule has 4 heteroatoms. The Balaban J connectivity index is 1.81. The lowest BCUT2D eigenvalue weighted by Gasteiger charge is -2.35. The molecule has 0 radical (unpaired) electrons. The molecule has 2 rings (SSSR count).